The van der Waals surface area contributed by atoms with Crippen LogP contribution in [0.25, 0.3) is 10.2 Å². The van der Waals surface area contributed by atoms with Crippen LogP contribution in [0.15, 0.2) is 42.5 Å². The van der Waals surface area contributed by atoms with Crippen molar-refractivity contribution in [1.29, 1.82) is 0 Å². The summed E-state index contributed by atoms with van der Waals surface area (Å²) < 4.78 is 6.89. The molecular formula is C19H20ClN3OS. The number of hydrogen-bond donors (Lipinski definition) is 0. The lowest BCUT2D eigenvalue weighted by Crippen LogP contribution is -2.46. The summed E-state index contributed by atoms with van der Waals surface area (Å²) in [6, 6.07) is 14.2. The van der Waals surface area contributed by atoms with E-state index in [1.54, 1.807) is 11.3 Å². The van der Waals surface area contributed by atoms with Crippen LogP contribution in [-0.2, 0) is 0 Å². The molecule has 2 aromatic carbocycles. The van der Waals surface area contributed by atoms with Gasteiger partial charge in [0.15, 0.2) is 5.13 Å². The van der Waals surface area contributed by atoms with Crippen LogP contribution in [-0.4, -0.2) is 37.8 Å². The number of benzene rings is 2. The summed E-state index contributed by atoms with van der Waals surface area (Å²) in [5.41, 5.74) is 2.21. The fraction of sp³-hybridized carbons (Fsp3) is 0.316. The van der Waals surface area contributed by atoms with Crippen molar-refractivity contribution in [2.45, 2.75) is 6.92 Å². The molecule has 0 atom stereocenters. The Morgan fingerprint density at radius 2 is 1.76 bits per heavy atom. The summed E-state index contributed by atoms with van der Waals surface area (Å²) >= 11 is 7.73. The Hall–Kier alpha value is -1.98. The number of anilines is 2. The largest absolute Gasteiger partial charge is 0.492 e. The van der Waals surface area contributed by atoms with Gasteiger partial charge >= 0.3 is 0 Å². The van der Waals surface area contributed by atoms with E-state index in [1.807, 2.05) is 31.2 Å². The summed E-state index contributed by atoms with van der Waals surface area (Å²) in [5, 5.41) is 1.86. The number of rotatable bonds is 4. The molecule has 1 saturated heterocycles. The molecule has 0 unspecified atom stereocenters. The second kappa shape index (κ2) is 7.10. The lowest BCUT2D eigenvalue weighted by atomic mass is 10.2. The van der Waals surface area contributed by atoms with Crippen LogP contribution in [0.2, 0.25) is 5.02 Å². The topological polar surface area (TPSA) is 28.6 Å². The zero-order chi connectivity index (χ0) is 17.2. The van der Waals surface area contributed by atoms with Crippen molar-refractivity contribution >= 4 is 44.0 Å². The molecule has 0 radical (unpaired) electrons. The Balaban J connectivity index is 1.49. The summed E-state index contributed by atoms with van der Waals surface area (Å²) in [7, 11) is 0. The van der Waals surface area contributed by atoms with Crippen LogP contribution in [0.1, 0.15) is 6.92 Å². The Bertz CT molecular complexity index is 857. The van der Waals surface area contributed by atoms with Crippen LogP contribution < -0.4 is 14.5 Å². The number of piperazine rings is 1. The maximum absolute atomic E-state index is 5.98. The Kier molecular flexibility index (Phi) is 4.68. The normalized spacial score (nSPS) is 15.0. The maximum atomic E-state index is 5.98. The van der Waals surface area contributed by atoms with E-state index in [9.17, 15) is 0 Å². The Morgan fingerprint density at radius 1 is 1.04 bits per heavy atom. The molecule has 2 heterocycles. The van der Waals surface area contributed by atoms with E-state index >= 15 is 0 Å². The summed E-state index contributed by atoms with van der Waals surface area (Å²) in [6.07, 6.45) is 0. The van der Waals surface area contributed by atoms with Crippen LogP contribution in [0.5, 0.6) is 5.75 Å². The molecule has 0 bridgehead atoms. The average molecular weight is 374 g/mol. The average Bonchev–Trinajstić information content (AvgIpc) is 3.08. The third-order valence-corrected chi connectivity index (χ3v) is 5.75. The Labute approximate surface area is 156 Å². The van der Waals surface area contributed by atoms with Gasteiger partial charge in [0.2, 0.25) is 0 Å². The molecule has 1 aromatic heterocycles. The minimum atomic E-state index is 0.658. The van der Waals surface area contributed by atoms with Gasteiger partial charge in [0.25, 0.3) is 0 Å². The van der Waals surface area contributed by atoms with Crippen LogP contribution in [0, 0.1) is 0 Å². The van der Waals surface area contributed by atoms with Crippen molar-refractivity contribution in [2.24, 2.45) is 0 Å². The summed E-state index contributed by atoms with van der Waals surface area (Å²) in [5.74, 6) is 0.877. The van der Waals surface area contributed by atoms with Gasteiger partial charge in [-0.3, -0.25) is 0 Å². The SMILES string of the molecule is CCOc1cccc2sc(N3CCN(c4ccc(Cl)cc4)CC3)nc12. The standard InChI is InChI=1S/C19H20ClN3OS/c1-2-24-16-4-3-5-17-18(16)21-19(25-17)23-12-10-22(11-13-23)15-8-6-14(20)7-9-15/h3-9H,2,10-13H2,1H3. The predicted octanol–water partition coefficient (Wildman–Crippen LogP) is 4.68. The van der Waals surface area contributed by atoms with Gasteiger partial charge in [-0.25, -0.2) is 4.98 Å². The highest BCUT2D eigenvalue weighted by molar-refractivity contribution is 7.22. The zero-order valence-electron chi connectivity index (χ0n) is 14.1. The minimum absolute atomic E-state index is 0.658. The van der Waals surface area contributed by atoms with Crippen molar-refractivity contribution in [2.75, 3.05) is 42.6 Å². The second-order valence-electron chi connectivity index (χ2n) is 5.98. The van der Waals surface area contributed by atoms with E-state index in [0.29, 0.717) is 6.61 Å². The molecule has 0 N–H and O–H groups in total. The molecule has 130 valence electrons. The van der Waals surface area contributed by atoms with Gasteiger partial charge in [0, 0.05) is 36.9 Å². The number of ether oxygens (including phenoxy) is 1. The first-order valence-corrected chi connectivity index (χ1v) is 9.72. The van der Waals surface area contributed by atoms with E-state index in [0.717, 1.165) is 47.6 Å². The van der Waals surface area contributed by atoms with E-state index in [1.165, 1.54) is 10.4 Å². The molecule has 1 aliphatic heterocycles. The van der Waals surface area contributed by atoms with E-state index in [-0.39, 0.29) is 0 Å². The van der Waals surface area contributed by atoms with Crippen molar-refractivity contribution in [3.05, 3.63) is 47.5 Å². The number of aromatic nitrogens is 1. The molecule has 0 spiro atoms. The van der Waals surface area contributed by atoms with Crippen LogP contribution >= 0.6 is 22.9 Å². The predicted molar refractivity (Wildman–Crippen MR) is 107 cm³/mol. The van der Waals surface area contributed by atoms with E-state index in [2.05, 4.69) is 28.0 Å². The van der Waals surface area contributed by atoms with Crippen molar-refractivity contribution in [1.82, 2.24) is 4.98 Å². The number of thiazole rings is 1. The monoisotopic (exact) mass is 373 g/mol. The Morgan fingerprint density at radius 3 is 2.48 bits per heavy atom. The first-order chi connectivity index (χ1) is 12.2. The molecule has 6 heteroatoms. The summed E-state index contributed by atoms with van der Waals surface area (Å²) in [4.78, 5) is 9.61. The minimum Gasteiger partial charge on any atom is -0.492 e. The quantitative estimate of drug-likeness (QED) is 0.664. The number of hydrogen-bond acceptors (Lipinski definition) is 5. The van der Waals surface area contributed by atoms with Gasteiger partial charge in [0.05, 0.1) is 11.3 Å². The van der Waals surface area contributed by atoms with Gasteiger partial charge in [-0.2, -0.15) is 0 Å². The molecule has 4 nitrogen and oxygen atoms in total. The lowest BCUT2D eigenvalue weighted by molar-refractivity contribution is 0.344. The van der Waals surface area contributed by atoms with Crippen molar-refractivity contribution in [3.63, 3.8) is 0 Å². The highest BCUT2D eigenvalue weighted by atomic mass is 35.5. The third-order valence-electron chi connectivity index (χ3n) is 4.41. The fourth-order valence-electron chi connectivity index (χ4n) is 3.13. The number of nitrogens with zero attached hydrogens (tertiary/aromatic N) is 3. The highest BCUT2D eigenvalue weighted by Gasteiger charge is 2.21. The molecule has 0 aliphatic carbocycles. The second-order valence-corrected chi connectivity index (χ2v) is 7.43. The fourth-order valence-corrected chi connectivity index (χ4v) is 4.29. The maximum Gasteiger partial charge on any atom is 0.186 e. The highest BCUT2D eigenvalue weighted by Crippen LogP contribution is 2.34. The number of halogens is 1. The first-order valence-electron chi connectivity index (χ1n) is 8.52. The van der Waals surface area contributed by atoms with Gasteiger partial charge in [-0.15, -0.1) is 0 Å². The molecule has 1 aliphatic rings. The van der Waals surface area contributed by atoms with Crippen LogP contribution in [0.3, 0.4) is 0 Å². The van der Waals surface area contributed by atoms with Gasteiger partial charge in [0.1, 0.15) is 11.3 Å². The van der Waals surface area contributed by atoms with E-state index in [4.69, 9.17) is 21.3 Å². The molecule has 25 heavy (non-hydrogen) atoms. The third kappa shape index (κ3) is 3.39. The van der Waals surface area contributed by atoms with Crippen LogP contribution in [0.4, 0.5) is 10.8 Å². The molecule has 0 amide bonds. The molecule has 4 rings (SSSR count). The lowest BCUT2D eigenvalue weighted by Gasteiger charge is -2.36. The van der Waals surface area contributed by atoms with Gasteiger partial charge < -0.3 is 14.5 Å². The molecule has 3 aromatic rings. The molecular weight excluding hydrogens is 354 g/mol. The smallest absolute Gasteiger partial charge is 0.186 e. The van der Waals surface area contributed by atoms with Gasteiger partial charge in [-0.1, -0.05) is 29.0 Å². The van der Waals surface area contributed by atoms with Gasteiger partial charge in [-0.05, 0) is 43.3 Å². The van der Waals surface area contributed by atoms with Crippen molar-refractivity contribution < 1.29 is 4.74 Å². The first kappa shape index (κ1) is 16.5. The molecule has 0 saturated carbocycles. The van der Waals surface area contributed by atoms with E-state index < -0.39 is 0 Å². The number of para-hydroxylation sites is 1. The molecule has 1 fully saturated rings. The number of fused-ring (bicyclic) bond motifs is 1. The van der Waals surface area contributed by atoms with Crippen molar-refractivity contribution in [3.8, 4) is 5.75 Å². The zero-order valence-corrected chi connectivity index (χ0v) is 15.7. The summed E-state index contributed by atoms with van der Waals surface area (Å²) in [6.45, 7) is 6.55.